The molecule has 11 heteroatoms. The molecule has 1 aliphatic rings. The molecule has 0 aromatic heterocycles. The number of hydroxylamine groups is 1. The van der Waals surface area contributed by atoms with E-state index in [1.807, 2.05) is 32.0 Å². The maximum absolute atomic E-state index is 13.1. The van der Waals surface area contributed by atoms with Crippen LogP contribution in [-0.4, -0.2) is 52.6 Å². The number of primary amides is 1. The van der Waals surface area contributed by atoms with Gasteiger partial charge in [-0.05, 0) is 68.1 Å². The monoisotopic (exact) mass is 554 g/mol. The fourth-order valence-electron chi connectivity index (χ4n) is 4.79. The summed E-state index contributed by atoms with van der Waals surface area (Å²) in [5.41, 5.74) is 8.35. The second kappa shape index (κ2) is 12.0. The normalized spacial score (nSPS) is 18.6. The molecule has 2 aromatic carbocycles. The molecule has 1 saturated heterocycles. The van der Waals surface area contributed by atoms with E-state index >= 15 is 0 Å². The van der Waals surface area contributed by atoms with Crippen LogP contribution < -0.4 is 21.3 Å². The third-order valence-electron chi connectivity index (χ3n) is 7.10. The number of likely N-dealkylation sites (tertiary alicyclic amines) is 1. The number of nitrogens with two attached hydrogens (primary N) is 1. The summed E-state index contributed by atoms with van der Waals surface area (Å²) in [4.78, 5) is 50.6. The Morgan fingerprint density at radius 1 is 1.12 bits per heavy atom. The van der Waals surface area contributed by atoms with E-state index in [4.69, 9.17) is 20.4 Å². The van der Waals surface area contributed by atoms with E-state index in [-0.39, 0.29) is 12.5 Å². The Morgan fingerprint density at radius 3 is 2.35 bits per heavy atom. The Hall–Kier alpha value is -4.12. The molecular formula is C29H38N4O7. The molecule has 1 heterocycles. The van der Waals surface area contributed by atoms with Crippen LogP contribution in [-0.2, 0) is 31.1 Å². The number of nitrogens with one attached hydrogen (secondary N) is 2. The predicted molar refractivity (Wildman–Crippen MR) is 148 cm³/mol. The number of carbonyl (C=O) groups is 4. The summed E-state index contributed by atoms with van der Waals surface area (Å²) in [6.07, 6.45) is -1.56. The van der Waals surface area contributed by atoms with Gasteiger partial charge in [0.05, 0.1) is 5.41 Å². The molecular weight excluding hydrogens is 516 g/mol. The van der Waals surface area contributed by atoms with Gasteiger partial charge in [0.2, 0.25) is 5.91 Å². The minimum Gasteiger partial charge on any atom is -0.489 e. The van der Waals surface area contributed by atoms with Gasteiger partial charge in [-0.1, -0.05) is 39.0 Å². The summed E-state index contributed by atoms with van der Waals surface area (Å²) in [6, 6.07) is 12.0. The van der Waals surface area contributed by atoms with Crippen molar-refractivity contribution in [2.45, 2.75) is 72.1 Å². The van der Waals surface area contributed by atoms with Crippen LogP contribution in [0.3, 0.4) is 0 Å². The lowest BCUT2D eigenvalue weighted by atomic mass is 9.81. The molecule has 11 nitrogen and oxygen atoms in total. The third kappa shape index (κ3) is 6.90. The number of hydrogen-bond acceptors (Lipinski definition) is 7. The SMILES string of the molecule is Cc1cc(COc2ccc(C3(C)CCN(C(C)C(=O)NO)C3=O)cc2)cc(NC(=O)[C@H](OC(N)=O)C(C)(C)C)c1. The van der Waals surface area contributed by atoms with Crippen molar-refractivity contribution in [1.82, 2.24) is 10.4 Å². The first-order chi connectivity index (χ1) is 18.6. The first-order valence-corrected chi connectivity index (χ1v) is 13.0. The van der Waals surface area contributed by atoms with Gasteiger partial charge in [-0.25, -0.2) is 10.3 Å². The van der Waals surface area contributed by atoms with Crippen molar-refractivity contribution >= 4 is 29.5 Å². The smallest absolute Gasteiger partial charge is 0.405 e. The largest absolute Gasteiger partial charge is 0.489 e. The summed E-state index contributed by atoms with van der Waals surface area (Å²) in [5, 5.41) is 11.7. The lowest BCUT2D eigenvalue weighted by molar-refractivity contribution is -0.143. The first-order valence-electron chi connectivity index (χ1n) is 13.0. The van der Waals surface area contributed by atoms with Crippen LogP contribution in [0, 0.1) is 12.3 Å². The van der Waals surface area contributed by atoms with Crippen LogP contribution in [0.1, 0.15) is 57.7 Å². The van der Waals surface area contributed by atoms with Gasteiger partial charge >= 0.3 is 6.09 Å². The summed E-state index contributed by atoms with van der Waals surface area (Å²) in [6.45, 7) is 11.3. The Balaban J connectivity index is 1.67. The minimum absolute atomic E-state index is 0.179. The fourth-order valence-corrected chi connectivity index (χ4v) is 4.79. The molecule has 40 heavy (non-hydrogen) atoms. The number of benzene rings is 2. The Bertz CT molecular complexity index is 1270. The Morgan fingerprint density at radius 2 is 1.77 bits per heavy atom. The van der Waals surface area contributed by atoms with Crippen LogP contribution in [0.5, 0.6) is 5.75 Å². The van der Waals surface area contributed by atoms with Gasteiger partial charge in [0.1, 0.15) is 18.4 Å². The average molecular weight is 555 g/mol. The molecule has 2 unspecified atom stereocenters. The molecule has 4 amide bonds. The predicted octanol–water partition coefficient (Wildman–Crippen LogP) is 3.41. The number of amides is 4. The molecule has 0 aliphatic carbocycles. The van der Waals surface area contributed by atoms with Crippen molar-refractivity contribution in [2.75, 3.05) is 11.9 Å². The summed E-state index contributed by atoms with van der Waals surface area (Å²) < 4.78 is 11.0. The third-order valence-corrected chi connectivity index (χ3v) is 7.10. The van der Waals surface area contributed by atoms with Crippen molar-refractivity contribution in [1.29, 1.82) is 0 Å². The number of nitrogens with zero attached hydrogens (tertiary/aromatic N) is 1. The average Bonchev–Trinajstić information content (AvgIpc) is 3.19. The van der Waals surface area contributed by atoms with Crippen molar-refractivity contribution in [3.63, 3.8) is 0 Å². The Kier molecular flexibility index (Phi) is 9.09. The molecule has 0 saturated carbocycles. The summed E-state index contributed by atoms with van der Waals surface area (Å²) in [5.74, 6) is -0.702. The molecule has 0 spiro atoms. The lowest BCUT2D eigenvalue weighted by Gasteiger charge is -2.28. The zero-order valence-electron chi connectivity index (χ0n) is 23.7. The van der Waals surface area contributed by atoms with Gasteiger partial charge in [0.25, 0.3) is 11.8 Å². The van der Waals surface area contributed by atoms with Crippen LogP contribution in [0.15, 0.2) is 42.5 Å². The highest BCUT2D eigenvalue weighted by molar-refractivity contribution is 5.96. The van der Waals surface area contributed by atoms with Crippen molar-refractivity contribution in [3.8, 4) is 5.75 Å². The van der Waals surface area contributed by atoms with E-state index < -0.39 is 40.9 Å². The highest BCUT2D eigenvalue weighted by atomic mass is 16.6. The highest BCUT2D eigenvalue weighted by Crippen LogP contribution is 2.37. The maximum atomic E-state index is 13.1. The van der Waals surface area contributed by atoms with E-state index in [1.54, 1.807) is 57.4 Å². The minimum atomic E-state index is -1.07. The van der Waals surface area contributed by atoms with E-state index in [0.29, 0.717) is 24.4 Å². The summed E-state index contributed by atoms with van der Waals surface area (Å²) >= 11 is 0. The lowest BCUT2D eigenvalue weighted by Crippen LogP contribution is -2.47. The number of aryl methyl sites for hydroxylation is 1. The van der Waals surface area contributed by atoms with Crippen molar-refractivity contribution < 1.29 is 33.9 Å². The topological polar surface area (TPSA) is 160 Å². The van der Waals surface area contributed by atoms with Crippen LogP contribution in [0.2, 0.25) is 0 Å². The molecule has 2 aromatic rings. The van der Waals surface area contributed by atoms with Crippen LogP contribution in [0.4, 0.5) is 10.5 Å². The van der Waals surface area contributed by atoms with E-state index in [9.17, 15) is 19.2 Å². The second-order valence-electron chi connectivity index (χ2n) is 11.4. The van der Waals surface area contributed by atoms with Gasteiger partial charge in [-0.15, -0.1) is 0 Å². The zero-order valence-corrected chi connectivity index (χ0v) is 23.7. The number of rotatable bonds is 9. The molecule has 3 atom stereocenters. The summed E-state index contributed by atoms with van der Waals surface area (Å²) in [7, 11) is 0. The second-order valence-corrected chi connectivity index (χ2v) is 11.4. The zero-order chi connectivity index (χ0) is 29.8. The quantitative estimate of drug-likeness (QED) is 0.273. The van der Waals surface area contributed by atoms with Gasteiger partial charge < -0.3 is 25.4 Å². The number of carbonyl (C=O) groups excluding carboxylic acids is 4. The first kappa shape index (κ1) is 30.4. The Labute approximate surface area is 234 Å². The van der Waals surface area contributed by atoms with E-state index in [0.717, 1.165) is 16.7 Å². The number of hydrogen-bond donors (Lipinski definition) is 4. The van der Waals surface area contributed by atoms with Crippen LogP contribution in [0.25, 0.3) is 0 Å². The molecule has 3 rings (SSSR count). The highest BCUT2D eigenvalue weighted by Gasteiger charge is 2.46. The molecule has 1 fully saturated rings. The molecule has 0 bridgehead atoms. The van der Waals surface area contributed by atoms with Crippen LogP contribution >= 0.6 is 0 Å². The van der Waals surface area contributed by atoms with E-state index in [2.05, 4.69) is 5.32 Å². The maximum Gasteiger partial charge on any atom is 0.405 e. The van der Waals surface area contributed by atoms with Crippen molar-refractivity contribution in [3.05, 3.63) is 59.2 Å². The standard InChI is InChI=1S/C29H38N4O7/c1-17-13-19(15-21(14-17)31-25(35)23(28(3,4)5)40-27(30)37)16-39-22-9-7-20(8-10-22)29(6)11-12-33(26(29)36)18(2)24(34)32-38/h7-10,13-15,18,23,38H,11-12,16H2,1-6H3,(H2,30,37)(H,31,35)(H,32,34)/t18?,23-,29?/m0/s1. The van der Waals surface area contributed by atoms with Crippen molar-refractivity contribution in [2.24, 2.45) is 11.1 Å². The number of anilines is 1. The van der Waals surface area contributed by atoms with E-state index in [1.165, 1.54) is 4.90 Å². The fraction of sp³-hybridized carbons (Fsp3) is 0.448. The van der Waals surface area contributed by atoms with Gasteiger partial charge in [-0.2, -0.15) is 0 Å². The molecule has 0 radical (unpaired) electrons. The molecule has 1 aliphatic heterocycles. The van der Waals surface area contributed by atoms with Gasteiger partial charge in [-0.3, -0.25) is 19.6 Å². The molecule has 5 N–H and O–H groups in total. The van der Waals surface area contributed by atoms with Gasteiger partial charge in [0, 0.05) is 17.6 Å². The number of ether oxygens (including phenoxy) is 2. The molecule has 216 valence electrons. The van der Waals surface area contributed by atoms with Gasteiger partial charge in [0.15, 0.2) is 6.10 Å².